The van der Waals surface area contributed by atoms with Crippen molar-refractivity contribution in [2.45, 2.75) is 30.8 Å². The molecular weight excluding hydrogens is 216 g/mol. The molecule has 0 aliphatic heterocycles. The fourth-order valence-corrected chi connectivity index (χ4v) is 2.18. The van der Waals surface area contributed by atoms with Gasteiger partial charge in [-0.3, -0.25) is 0 Å². The van der Waals surface area contributed by atoms with Gasteiger partial charge in [0.2, 0.25) is 0 Å². The molecule has 1 aromatic heterocycles. The van der Waals surface area contributed by atoms with Gasteiger partial charge in [0.25, 0.3) is 0 Å². The van der Waals surface area contributed by atoms with E-state index in [-0.39, 0.29) is 6.04 Å². The Hall–Kier alpha value is -0.250. The Bertz CT molecular complexity index is 279. The minimum atomic E-state index is 0.287. The van der Waals surface area contributed by atoms with Crippen LogP contribution in [0.5, 0.6) is 0 Å². The maximum Gasteiger partial charge on any atom is 0.115 e. The topological polar surface area (TPSA) is 38.9 Å². The summed E-state index contributed by atoms with van der Waals surface area (Å²) in [5.41, 5.74) is 5.65. The number of hydrogen-bond acceptors (Lipinski definition) is 3. The molecule has 0 saturated heterocycles. The third kappa shape index (κ3) is 4.31. The van der Waals surface area contributed by atoms with Gasteiger partial charge in [-0.25, -0.2) is 4.98 Å². The lowest BCUT2D eigenvalue weighted by Crippen LogP contribution is -2.14. The quantitative estimate of drug-likeness (QED) is 0.625. The van der Waals surface area contributed by atoms with Crippen LogP contribution in [0.4, 0.5) is 0 Å². The van der Waals surface area contributed by atoms with Crippen molar-refractivity contribution >= 4 is 23.4 Å². The summed E-state index contributed by atoms with van der Waals surface area (Å²) in [7, 11) is 0. The highest BCUT2D eigenvalue weighted by Gasteiger charge is 2.01. The first kappa shape index (κ1) is 11.8. The molecule has 1 atom stereocenters. The van der Waals surface area contributed by atoms with E-state index in [9.17, 15) is 0 Å². The van der Waals surface area contributed by atoms with Gasteiger partial charge in [0.15, 0.2) is 0 Å². The first-order valence-corrected chi connectivity index (χ1v) is 6.05. The highest BCUT2D eigenvalue weighted by Crippen LogP contribution is 2.24. The fraction of sp³-hybridized carbons (Fsp3) is 0.500. The lowest BCUT2D eigenvalue weighted by atomic mass is 10.2. The zero-order valence-corrected chi connectivity index (χ0v) is 9.81. The molecule has 2 nitrogen and oxygen atoms in total. The van der Waals surface area contributed by atoms with E-state index in [1.54, 1.807) is 18.0 Å². The highest BCUT2D eigenvalue weighted by molar-refractivity contribution is 7.99. The fourth-order valence-electron chi connectivity index (χ4n) is 1.05. The van der Waals surface area contributed by atoms with Crippen molar-refractivity contribution in [2.75, 3.05) is 5.75 Å². The minimum absolute atomic E-state index is 0.287. The number of nitrogens with two attached hydrogens (primary N) is 1. The van der Waals surface area contributed by atoms with Gasteiger partial charge in [-0.1, -0.05) is 11.6 Å². The third-order valence-corrected chi connectivity index (χ3v) is 3.28. The molecule has 0 fully saturated rings. The van der Waals surface area contributed by atoms with Crippen LogP contribution < -0.4 is 5.73 Å². The normalized spacial score (nSPS) is 12.8. The van der Waals surface area contributed by atoms with Gasteiger partial charge in [0.05, 0.1) is 5.02 Å². The molecule has 0 spiro atoms. The molecule has 0 aromatic carbocycles. The summed E-state index contributed by atoms with van der Waals surface area (Å²) < 4.78 is 0. The molecule has 0 aliphatic rings. The second-order valence-corrected chi connectivity index (χ2v) is 4.75. The van der Waals surface area contributed by atoms with E-state index in [0.29, 0.717) is 0 Å². The molecular formula is C10H15ClN2S. The van der Waals surface area contributed by atoms with Crippen LogP contribution in [0.1, 0.15) is 19.8 Å². The molecule has 2 N–H and O–H groups in total. The molecule has 0 aliphatic carbocycles. The number of aromatic nitrogens is 1. The minimum Gasteiger partial charge on any atom is -0.328 e. The number of rotatable bonds is 5. The van der Waals surface area contributed by atoms with Crippen molar-refractivity contribution in [1.29, 1.82) is 0 Å². The van der Waals surface area contributed by atoms with Crippen LogP contribution >= 0.6 is 23.4 Å². The lowest BCUT2D eigenvalue weighted by molar-refractivity contribution is 0.656. The maximum absolute atomic E-state index is 5.96. The van der Waals surface area contributed by atoms with E-state index in [1.807, 2.05) is 19.1 Å². The molecule has 1 rings (SSSR count). The van der Waals surface area contributed by atoms with Crippen LogP contribution in [-0.2, 0) is 0 Å². The second kappa shape index (κ2) is 6.27. The summed E-state index contributed by atoms with van der Waals surface area (Å²) >= 11 is 7.65. The van der Waals surface area contributed by atoms with Crippen molar-refractivity contribution < 1.29 is 0 Å². The van der Waals surface area contributed by atoms with Gasteiger partial charge in [-0.15, -0.1) is 11.8 Å². The summed E-state index contributed by atoms with van der Waals surface area (Å²) in [5, 5.41) is 1.65. The summed E-state index contributed by atoms with van der Waals surface area (Å²) in [6.45, 7) is 2.03. The third-order valence-electron chi connectivity index (χ3n) is 1.77. The van der Waals surface area contributed by atoms with Crippen molar-refractivity contribution in [3.63, 3.8) is 0 Å². The summed E-state index contributed by atoms with van der Waals surface area (Å²) in [6.07, 6.45) is 3.92. The van der Waals surface area contributed by atoms with Crippen LogP contribution in [0.15, 0.2) is 23.4 Å². The molecule has 1 unspecified atom stereocenters. The number of pyridine rings is 1. The van der Waals surface area contributed by atoms with E-state index >= 15 is 0 Å². The molecule has 4 heteroatoms. The zero-order chi connectivity index (χ0) is 10.4. The van der Waals surface area contributed by atoms with Gasteiger partial charge < -0.3 is 5.73 Å². The van der Waals surface area contributed by atoms with Crippen molar-refractivity contribution in [3.05, 3.63) is 23.4 Å². The van der Waals surface area contributed by atoms with Gasteiger partial charge in [0, 0.05) is 12.2 Å². The molecule has 0 radical (unpaired) electrons. The SMILES string of the molecule is CC(N)CCCSc1ncccc1Cl. The van der Waals surface area contributed by atoms with Gasteiger partial charge >= 0.3 is 0 Å². The largest absolute Gasteiger partial charge is 0.328 e. The average Bonchev–Trinajstić information content (AvgIpc) is 2.15. The molecule has 0 amide bonds. The molecule has 14 heavy (non-hydrogen) atoms. The van der Waals surface area contributed by atoms with E-state index in [1.165, 1.54) is 0 Å². The van der Waals surface area contributed by atoms with Gasteiger partial charge in [0.1, 0.15) is 5.03 Å². The summed E-state index contributed by atoms with van der Waals surface area (Å²) in [5.74, 6) is 1.03. The predicted molar refractivity (Wildman–Crippen MR) is 62.9 cm³/mol. The summed E-state index contributed by atoms with van der Waals surface area (Å²) in [4.78, 5) is 4.19. The standard InChI is InChI=1S/C10H15ClN2S/c1-8(12)4-3-7-14-10-9(11)5-2-6-13-10/h2,5-6,8H,3-4,7,12H2,1H3. The van der Waals surface area contributed by atoms with Crippen LogP contribution in [0.3, 0.4) is 0 Å². The van der Waals surface area contributed by atoms with Crippen molar-refractivity contribution in [3.8, 4) is 0 Å². The number of halogens is 1. The van der Waals surface area contributed by atoms with Crippen LogP contribution in [0.25, 0.3) is 0 Å². The molecule has 0 bridgehead atoms. The lowest BCUT2D eigenvalue weighted by Gasteiger charge is -2.04. The molecule has 78 valence electrons. The van der Waals surface area contributed by atoms with E-state index in [0.717, 1.165) is 28.6 Å². The van der Waals surface area contributed by atoms with Crippen LogP contribution in [0.2, 0.25) is 5.02 Å². The Morgan fingerprint density at radius 3 is 3.07 bits per heavy atom. The molecule has 1 aromatic rings. The first-order chi connectivity index (χ1) is 6.70. The second-order valence-electron chi connectivity index (χ2n) is 3.26. The van der Waals surface area contributed by atoms with Crippen LogP contribution in [-0.4, -0.2) is 16.8 Å². The number of hydrogen-bond donors (Lipinski definition) is 1. The van der Waals surface area contributed by atoms with Gasteiger partial charge in [-0.2, -0.15) is 0 Å². The predicted octanol–water partition coefficient (Wildman–Crippen LogP) is 2.95. The maximum atomic E-state index is 5.96. The van der Waals surface area contributed by atoms with Gasteiger partial charge in [-0.05, 0) is 37.7 Å². The van der Waals surface area contributed by atoms with E-state index in [4.69, 9.17) is 17.3 Å². The summed E-state index contributed by atoms with van der Waals surface area (Å²) in [6, 6.07) is 3.99. The van der Waals surface area contributed by atoms with E-state index in [2.05, 4.69) is 4.98 Å². The average molecular weight is 231 g/mol. The Morgan fingerprint density at radius 1 is 1.64 bits per heavy atom. The van der Waals surface area contributed by atoms with E-state index < -0.39 is 0 Å². The highest BCUT2D eigenvalue weighted by atomic mass is 35.5. The number of nitrogens with zero attached hydrogens (tertiary/aromatic N) is 1. The Balaban J connectivity index is 2.28. The monoisotopic (exact) mass is 230 g/mol. The zero-order valence-electron chi connectivity index (χ0n) is 8.24. The smallest absolute Gasteiger partial charge is 0.115 e. The Kier molecular flexibility index (Phi) is 5.30. The Labute approximate surface area is 94.2 Å². The first-order valence-electron chi connectivity index (χ1n) is 4.69. The Morgan fingerprint density at radius 2 is 2.43 bits per heavy atom. The van der Waals surface area contributed by atoms with Crippen molar-refractivity contribution in [1.82, 2.24) is 4.98 Å². The van der Waals surface area contributed by atoms with Crippen molar-refractivity contribution in [2.24, 2.45) is 5.73 Å². The van der Waals surface area contributed by atoms with Crippen LogP contribution in [0, 0.1) is 0 Å². The molecule has 1 heterocycles. The molecule has 0 saturated carbocycles. The number of thioether (sulfide) groups is 1.